The van der Waals surface area contributed by atoms with Crippen LogP contribution in [0, 0.1) is 6.92 Å². The van der Waals surface area contributed by atoms with E-state index in [0.717, 1.165) is 26.4 Å². The number of aryl methyl sites for hydroxylation is 1. The Kier molecular flexibility index (Phi) is 4.15. The van der Waals surface area contributed by atoms with Gasteiger partial charge in [-0.25, -0.2) is 4.98 Å². The number of halogens is 1. The number of fused-ring (bicyclic) bond motifs is 1. The van der Waals surface area contributed by atoms with Gasteiger partial charge in [0.1, 0.15) is 0 Å². The highest BCUT2D eigenvalue weighted by Gasteiger charge is 2.09. The van der Waals surface area contributed by atoms with E-state index in [9.17, 15) is 4.79 Å². The van der Waals surface area contributed by atoms with Gasteiger partial charge in [-0.1, -0.05) is 34.1 Å². The zero-order valence-corrected chi connectivity index (χ0v) is 15.8. The molecule has 0 spiro atoms. The van der Waals surface area contributed by atoms with Crippen molar-refractivity contribution in [3.63, 3.8) is 0 Å². The molecular weight excluding hydrogens is 398 g/mol. The van der Waals surface area contributed by atoms with Crippen molar-refractivity contribution < 1.29 is 4.79 Å². The highest BCUT2D eigenvalue weighted by molar-refractivity contribution is 9.10. The topological polar surface area (TPSA) is 46.4 Å². The van der Waals surface area contributed by atoms with Gasteiger partial charge in [-0.05, 0) is 37.3 Å². The van der Waals surface area contributed by atoms with Gasteiger partial charge in [0, 0.05) is 38.6 Å². The number of hydrogen-bond acceptors (Lipinski definition) is 3. The van der Waals surface area contributed by atoms with Gasteiger partial charge in [0.2, 0.25) is 0 Å². The zero-order valence-electron chi connectivity index (χ0n) is 13.4. The third-order valence-electron chi connectivity index (χ3n) is 3.91. The van der Waals surface area contributed by atoms with Crippen LogP contribution >= 0.6 is 27.3 Å². The Balaban J connectivity index is 1.54. The molecule has 124 valence electrons. The van der Waals surface area contributed by atoms with Gasteiger partial charge in [0.15, 0.2) is 4.96 Å². The predicted octanol–water partition coefficient (Wildman–Crippen LogP) is 5.39. The minimum absolute atomic E-state index is 0.132. The van der Waals surface area contributed by atoms with Crippen molar-refractivity contribution in [1.82, 2.24) is 9.38 Å². The number of carbonyl (C=O) groups is 1. The van der Waals surface area contributed by atoms with Gasteiger partial charge in [0.25, 0.3) is 5.91 Å². The molecule has 1 amide bonds. The van der Waals surface area contributed by atoms with Gasteiger partial charge < -0.3 is 5.32 Å². The number of carbonyl (C=O) groups excluding carboxylic acids is 1. The van der Waals surface area contributed by atoms with Crippen molar-refractivity contribution in [2.24, 2.45) is 0 Å². The number of anilines is 1. The Bertz CT molecular complexity index is 1070. The summed E-state index contributed by atoms with van der Waals surface area (Å²) in [5.41, 5.74) is 4.50. The standard InChI is InChI=1S/C19H14BrN3OS/c1-12-11-25-19-22-17(10-23(12)19)13-5-7-16(8-6-13)21-18(24)14-3-2-4-15(20)9-14/h2-11H,1H3,(H,21,24). The molecule has 6 heteroatoms. The average molecular weight is 412 g/mol. The second-order valence-electron chi connectivity index (χ2n) is 5.70. The van der Waals surface area contributed by atoms with Crippen molar-refractivity contribution in [1.29, 1.82) is 0 Å². The maximum Gasteiger partial charge on any atom is 0.255 e. The van der Waals surface area contributed by atoms with Crippen molar-refractivity contribution in [2.45, 2.75) is 6.92 Å². The van der Waals surface area contributed by atoms with Crippen LogP contribution in [0.1, 0.15) is 16.1 Å². The number of amides is 1. The van der Waals surface area contributed by atoms with Crippen LogP contribution in [0.3, 0.4) is 0 Å². The van der Waals surface area contributed by atoms with Crippen LogP contribution in [0.25, 0.3) is 16.2 Å². The first-order chi connectivity index (χ1) is 12.1. The highest BCUT2D eigenvalue weighted by Crippen LogP contribution is 2.24. The van der Waals surface area contributed by atoms with Crippen molar-refractivity contribution in [3.05, 3.63) is 75.8 Å². The van der Waals surface area contributed by atoms with E-state index in [4.69, 9.17) is 0 Å². The third kappa shape index (κ3) is 3.23. The molecule has 2 aromatic heterocycles. The Labute approximate surface area is 157 Å². The molecule has 0 bridgehead atoms. The van der Waals surface area contributed by atoms with E-state index in [-0.39, 0.29) is 5.91 Å². The van der Waals surface area contributed by atoms with E-state index >= 15 is 0 Å². The lowest BCUT2D eigenvalue weighted by Gasteiger charge is -2.06. The lowest BCUT2D eigenvalue weighted by Crippen LogP contribution is -2.11. The lowest BCUT2D eigenvalue weighted by atomic mass is 10.1. The van der Waals surface area contributed by atoms with Crippen LogP contribution in [0.4, 0.5) is 5.69 Å². The maximum atomic E-state index is 12.3. The molecule has 4 aromatic rings. The fraction of sp³-hybridized carbons (Fsp3) is 0.0526. The summed E-state index contributed by atoms with van der Waals surface area (Å²) < 4.78 is 2.97. The van der Waals surface area contributed by atoms with Crippen LogP contribution < -0.4 is 5.32 Å². The second kappa shape index (κ2) is 6.46. The summed E-state index contributed by atoms with van der Waals surface area (Å²) >= 11 is 5.01. The first-order valence-electron chi connectivity index (χ1n) is 7.71. The average Bonchev–Trinajstić information content (AvgIpc) is 3.18. The fourth-order valence-corrected chi connectivity index (χ4v) is 3.84. The Morgan fingerprint density at radius 3 is 2.72 bits per heavy atom. The monoisotopic (exact) mass is 411 g/mol. The first-order valence-corrected chi connectivity index (χ1v) is 9.38. The van der Waals surface area contributed by atoms with Crippen LogP contribution in [0.5, 0.6) is 0 Å². The number of aromatic nitrogens is 2. The molecule has 0 aliphatic heterocycles. The molecule has 0 aliphatic rings. The molecule has 0 radical (unpaired) electrons. The van der Waals surface area contributed by atoms with E-state index in [1.54, 1.807) is 23.5 Å². The normalized spacial score (nSPS) is 11.0. The fourth-order valence-electron chi connectivity index (χ4n) is 2.59. The first kappa shape index (κ1) is 16.1. The molecule has 0 unspecified atom stereocenters. The summed E-state index contributed by atoms with van der Waals surface area (Å²) in [6, 6.07) is 15.0. The summed E-state index contributed by atoms with van der Waals surface area (Å²) in [7, 11) is 0. The largest absolute Gasteiger partial charge is 0.322 e. The molecular formula is C19H14BrN3OS. The molecule has 2 heterocycles. The summed E-state index contributed by atoms with van der Waals surface area (Å²) in [5, 5.41) is 5.00. The number of thiazole rings is 1. The lowest BCUT2D eigenvalue weighted by molar-refractivity contribution is 0.102. The molecule has 0 aliphatic carbocycles. The molecule has 25 heavy (non-hydrogen) atoms. The van der Waals surface area contributed by atoms with Gasteiger partial charge >= 0.3 is 0 Å². The molecule has 0 fully saturated rings. The van der Waals surface area contributed by atoms with Gasteiger partial charge in [-0.15, -0.1) is 11.3 Å². The molecule has 2 aromatic carbocycles. The highest BCUT2D eigenvalue weighted by atomic mass is 79.9. The van der Waals surface area contributed by atoms with E-state index in [0.29, 0.717) is 5.56 Å². The quantitative estimate of drug-likeness (QED) is 0.491. The molecule has 0 saturated carbocycles. The van der Waals surface area contributed by atoms with Gasteiger partial charge in [0.05, 0.1) is 5.69 Å². The smallest absolute Gasteiger partial charge is 0.255 e. The van der Waals surface area contributed by atoms with Crippen LogP contribution in [-0.2, 0) is 0 Å². The molecule has 1 N–H and O–H groups in total. The van der Waals surface area contributed by atoms with Crippen LogP contribution in [0.15, 0.2) is 64.6 Å². The predicted molar refractivity (Wildman–Crippen MR) is 105 cm³/mol. The third-order valence-corrected chi connectivity index (χ3v) is 5.36. The molecule has 0 saturated heterocycles. The maximum absolute atomic E-state index is 12.3. The van der Waals surface area contributed by atoms with Gasteiger partial charge in [-0.3, -0.25) is 9.20 Å². The summed E-state index contributed by atoms with van der Waals surface area (Å²) in [4.78, 5) is 17.9. The number of hydrogen-bond donors (Lipinski definition) is 1. The molecule has 4 nitrogen and oxygen atoms in total. The van der Waals surface area contributed by atoms with Crippen molar-refractivity contribution >= 4 is 43.8 Å². The van der Waals surface area contributed by atoms with E-state index in [1.165, 1.54) is 5.69 Å². The van der Waals surface area contributed by atoms with E-state index < -0.39 is 0 Å². The van der Waals surface area contributed by atoms with Crippen LogP contribution in [-0.4, -0.2) is 15.3 Å². The molecule has 0 atom stereocenters. The van der Waals surface area contributed by atoms with Gasteiger partial charge in [-0.2, -0.15) is 0 Å². The minimum Gasteiger partial charge on any atom is -0.322 e. The Morgan fingerprint density at radius 2 is 2.00 bits per heavy atom. The minimum atomic E-state index is -0.132. The number of benzene rings is 2. The van der Waals surface area contributed by atoms with E-state index in [2.05, 4.69) is 42.9 Å². The summed E-state index contributed by atoms with van der Waals surface area (Å²) in [6.07, 6.45) is 2.04. The Hall–Kier alpha value is -2.44. The summed E-state index contributed by atoms with van der Waals surface area (Å²) in [6.45, 7) is 2.07. The van der Waals surface area contributed by atoms with Crippen molar-refractivity contribution in [2.75, 3.05) is 5.32 Å². The number of nitrogens with zero attached hydrogens (tertiary/aromatic N) is 2. The number of imidazole rings is 1. The summed E-state index contributed by atoms with van der Waals surface area (Å²) in [5.74, 6) is -0.132. The SMILES string of the molecule is Cc1csc2nc(-c3ccc(NC(=O)c4cccc(Br)c4)cc3)cn12. The molecule has 4 rings (SSSR count). The van der Waals surface area contributed by atoms with Crippen molar-refractivity contribution in [3.8, 4) is 11.3 Å². The second-order valence-corrected chi connectivity index (χ2v) is 7.45. The number of nitrogens with one attached hydrogen (secondary N) is 1. The number of rotatable bonds is 3. The Morgan fingerprint density at radius 1 is 1.20 bits per heavy atom. The zero-order chi connectivity index (χ0) is 17.4. The van der Waals surface area contributed by atoms with E-state index in [1.807, 2.05) is 42.6 Å². The van der Waals surface area contributed by atoms with Crippen LogP contribution in [0.2, 0.25) is 0 Å².